The Morgan fingerprint density at radius 1 is 0.895 bits per heavy atom. The van der Waals surface area contributed by atoms with E-state index in [9.17, 15) is 5.11 Å². The van der Waals surface area contributed by atoms with Crippen LogP contribution in [0.1, 0.15) is 29.2 Å². The SMILES string of the molecule is CC1(O)c2cc(I)ccc2CCc2ccc(I)cc21. The molecule has 0 fully saturated rings. The van der Waals surface area contributed by atoms with Crippen molar-refractivity contribution < 1.29 is 5.11 Å². The summed E-state index contributed by atoms with van der Waals surface area (Å²) in [7, 11) is 0. The van der Waals surface area contributed by atoms with E-state index in [-0.39, 0.29) is 0 Å². The van der Waals surface area contributed by atoms with Gasteiger partial charge >= 0.3 is 0 Å². The van der Waals surface area contributed by atoms with Crippen molar-refractivity contribution in [1.29, 1.82) is 0 Å². The Morgan fingerprint density at radius 2 is 1.32 bits per heavy atom. The third-order valence-electron chi connectivity index (χ3n) is 3.86. The van der Waals surface area contributed by atoms with E-state index in [2.05, 4.69) is 81.6 Å². The van der Waals surface area contributed by atoms with Crippen LogP contribution in [-0.2, 0) is 18.4 Å². The highest BCUT2D eigenvalue weighted by molar-refractivity contribution is 14.1. The maximum Gasteiger partial charge on any atom is 0.112 e. The number of benzene rings is 2. The molecule has 1 nitrogen and oxygen atoms in total. The highest BCUT2D eigenvalue weighted by atomic mass is 127. The summed E-state index contributed by atoms with van der Waals surface area (Å²) in [4.78, 5) is 0. The van der Waals surface area contributed by atoms with Gasteiger partial charge in [-0.25, -0.2) is 0 Å². The molecule has 3 rings (SSSR count). The first-order valence-electron chi connectivity index (χ1n) is 6.28. The number of aliphatic hydroxyl groups is 1. The molecule has 1 aliphatic rings. The second-order valence-electron chi connectivity index (χ2n) is 5.18. The molecule has 0 heterocycles. The van der Waals surface area contributed by atoms with Crippen LogP contribution in [0.2, 0.25) is 0 Å². The van der Waals surface area contributed by atoms with Gasteiger partial charge in [-0.3, -0.25) is 0 Å². The highest BCUT2D eigenvalue weighted by Crippen LogP contribution is 2.38. The fourth-order valence-corrected chi connectivity index (χ4v) is 3.84. The molecular weight excluding hydrogens is 462 g/mol. The molecule has 3 heteroatoms. The molecule has 0 radical (unpaired) electrons. The minimum atomic E-state index is -0.899. The maximum absolute atomic E-state index is 11.1. The lowest BCUT2D eigenvalue weighted by Crippen LogP contribution is -2.24. The van der Waals surface area contributed by atoms with Gasteiger partial charge in [-0.1, -0.05) is 12.1 Å². The van der Waals surface area contributed by atoms with Crippen LogP contribution in [0, 0.1) is 7.14 Å². The lowest BCUT2D eigenvalue weighted by molar-refractivity contribution is 0.101. The summed E-state index contributed by atoms with van der Waals surface area (Å²) in [6.07, 6.45) is 1.99. The van der Waals surface area contributed by atoms with Gasteiger partial charge in [0.1, 0.15) is 5.60 Å². The molecule has 0 aromatic heterocycles. The molecule has 1 aliphatic carbocycles. The smallest absolute Gasteiger partial charge is 0.112 e. The van der Waals surface area contributed by atoms with Crippen molar-refractivity contribution in [1.82, 2.24) is 0 Å². The largest absolute Gasteiger partial charge is 0.381 e. The molecule has 0 atom stereocenters. The second-order valence-corrected chi connectivity index (χ2v) is 7.67. The number of fused-ring (bicyclic) bond motifs is 2. The number of hydrogen-bond acceptors (Lipinski definition) is 1. The standard InChI is InChI=1S/C16H14I2O/c1-16(19)14-8-12(17)6-4-10(14)2-3-11-5-7-13(18)9-15(11)16/h4-9,19H,2-3H2,1H3. The Morgan fingerprint density at radius 3 is 1.74 bits per heavy atom. The van der Waals surface area contributed by atoms with Gasteiger partial charge in [0.15, 0.2) is 0 Å². The van der Waals surface area contributed by atoms with Gasteiger partial charge in [-0.05, 0) is 111 Å². The molecule has 0 unspecified atom stereocenters. The number of rotatable bonds is 0. The van der Waals surface area contributed by atoms with E-state index < -0.39 is 5.60 Å². The molecule has 0 bridgehead atoms. The topological polar surface area (TPSA) is 20.2 Å². The molecule has 2 aromatic rings. The van der Waals surface area contributed by atoms with E-state index in [4.69, 9.17) is 0 Å². The highest BCUT2D eigenvalue weighted by Gasteiger charge is 2.32. The average Bonchev–Trinajstić information content (AvgIpc) is 2.47. The van der Waals surface area contributed by atoms with Crippen LogP contribution in [0.3, 0.4) is 0 Å². The number of aryl methyl sites for hydroxylation is 2. The van der Waals surface area contributed by atoms with Crippen LogP contribution < -0.4 is 0 Å². The van der Waals surface area contributed by atoms with Crippen molar-refractivity contribution in [3.05, 3.63) is 65.8 Å². The molecule has 0 amide bonds. The summed E-state index contributed by atoms with van der Waals surface area (Å²) in [6, 6.07) is 12.8. The van der Waals surface area contributed by atoms with Gasteiger partial charge < -0.3 is 5.11 Å². The van der Waals surface area contributed by atoms with Crippen LogP contribution in [0.15, 0.2) is 36.4 Å². The first kappa shape index (κ1) is 13.8. The van der Waals surface area contributed by atoms with E-state index in [0.29, 0.717) is 0 Å². The van der Waals surface area contributed by atoms with Crippen LogP contribution in [0.4, 0.5) is 0 Å². The first-order chi connectivity index (χ1) is 8.98. The van der Waals surface area contributed by atoms with Gasteiger partial charge in [-0.15, -0.1) is 0 Å². The Labute approximate surface area is 140 Å². The zero-order valence-electron chi connectivity index (χ0n) is 10.6. The average molecular weight is 476 g/mol. The molecule has 0 saturated carbocycles. The van der Waals surface area contributed by atoms with Crippen molar-refractivity contribution in [3.8, 4) is 0 Å². The summed E-state index contributed by atoms with van der Waals surface area (Å²) in [6.45, 7) is 1.92. The van der Waals surface area contributed by atoms with E-state index in [1.807, 2.05) is 6.92 Å². The van der Waals surface area contributed by atoms with Crippen molar-refractivity contribution >= 4 is 45.2 Å². The van der Waals surface area contributed by atoms with Crippen LogP contribution in [0.25, 0.3) is 0 Å². The minimum absolute atomic E-state index is 0.899. The van der Waals surface area contributed by atoms with Crippen molar-refractivity contribution in [2.75, 3.05) is 0 Å². The van der Waals surface area contributed by atoms with E-state index in [0.717, 1.165) is 24.0 Å². The quantitative estimate of drug-likeness (QED) is 0.565. The minimum Gasteiger partial charge on any atom is -0.381 e. The van der Waals surface area contributed by atoms with E-state index in [1.165, 1.54) is 18.3 Å². The van der Waals surface area contributed by atoms with Gasteiger partial charge in [0.2, 0.25) is 0 Å². The zero-order valence-corrected chi connectivity index (χ0v) is 14.9. The number of hydrogen-bond donors (Lipinski definition) is 1. The number of halogens is 2. The zero-order chi connectivity index (χ0) is 13.6. The van der Waals surface area contributed by atoms with Crippen molar-refractivity contribution in [3.63, 3.8) is 0 Å². The van der Waals surface area contributed by atoms with Gasteiger partial charge in [-0.2, -0.15) is 0 Å². The van der Waals surface area contributed by atoms with Crippen molar-refractivity contribution in [2.45, 2.75) is 25.4 Å². The lowest BCUT2D eigenvalue weighted by Gasteiger charge is -2.27. The third-order valence-corrected chi connectivity index (χ3v) is 5.20. The molecule has 19 heavy (non-hydrogen) atoms. The van der Waals surface area contributed by atoms with Crippen LogP contribution >= 0.6 is 45.2 Å². The summed E-state index contributed by atoms with van der Waals surface area (Å²) in [5.41, 5.74) is 3.73. The monoisotopic (exact) mass is 476 g/mol. The maximum atomic E-state index is 11.1. The third kappa shape index (κ3) is 2.45. The fourth-order valence-electron chi connectivity index (χ4n) is 2.85. The second kappa shape index (κ2) is 5.00. The fraction of sp³-hybridized carbons (Fsp3) is 0.250. The summed E-state index contributed by atoms with van der Waals surface area (Å²) >= 11 is 4.62. The normalized spacial score (nSPS) is 16.4. The first-order valence-corrected chi connectivity index (χ1v) is 8.44. The molecule has 98 valence electrons. The van der Waals surface area contributed by atoms with Crippen molar-refractivity contribution in [2.24, 2.45) is 0 Å². The molecular formula is C16H14I2O. The Bertz CT molecular complexity index is 592. The van der Waals surface area contributed by atoms with Gasteiger partial charge in [0, 0.05) is 7.14 Å². The molecule has 2 aromatic carbocycles. The molecule has 0 saturated heterocycles. The summed E-state index contributed by atoms with van der Waals surface area (Å²) in [5, 5.41) is 11.1. The Balaban J connectivity index is 2.28. The van der Waals surface area contributed by atoms with Gasteiger partial charge in [0.05, 0.1) is 0 Å². The molecule has 0 aliphatic heterocycles. The predicted octanol–water partition coefficient (Wildman–Crippen LogP) is 4.25. The molecule has 0 spiro atoms. The lowest BCUT2D eigenvalue weighted by atomic mass is 9.85. The van der Waals surface area contributed by atoms with Gasteiger partial charge in [0.25, 0.3) is 0 Å². The Hall–Kier alpha value is -0.140. The molecule has 1 N–H and O–H groups in total. The van der Waals surface area contributed by atoms with Crippen LogP contribution in [-0.4, -0.2) is 5.11 Å². The predicted molar refractivity (Wildman–Crippen MR) is 94.4 cm³/mol. The van der Waals surface area contributed by atoms with E-state index in [1.54, 1.807) is 0 Å². The van der Waals surface area contributed by atoms with Crippen LogP contribution in [0.5, 0.6) is 0 Å². The Kier molecular flexibility index (Phi) is 3.64. The van der Waals surface area contributed by atoms with E-state index >= 15 is 0 Å². The summed E-state index contributed by atoms with van der Waals surface area (Å²) < 4.78 is 2.34. The summed E-state index contributed by atoms with van der Waals surface area (Å²) in [5.74, 6) is 0.